The Hall–Kier alpha value is -1.39. The summed E-state index contributed by atoms with van der Waals surface area (Å²) >= 11 is 0. The Morgan fingerprint density at radius 1 is 1.35 bits per heavy atom. The number of rotatable bonds is 5. The zero-order chi connectivity index (χ0) is 12.9. The van der Waals surface area contributed by atoms with E-state index in [2.05, 4.69) is 5.48 Å². The zero-order valence-electron chi connectivity index (χ0n) is 10.4. The first-order chi connectivity index (χ1) is 7.88. The fourth-order valence-electron chi connectivity index (χ4n) is 1.28. The normalized spacial score (nSPS) is 13.4. The highest BCUT2D eigenvalue weighted by Crippen LogP contribution is 2.07. The van der Waals surface area contributed by atoms with Gasteiger partial charge in [-0.15, -0.1) is 0 Å². The van der Waals surface area contributed by atoms with E-state index in [0.29, 0.717) is 6.42 Å². The van der Waals surface area contributed by atoms with E-state index in [4.69, 9.17) is 9.94 Å². The monoisotopic (exact) mass is 237 g/mol. The minimum absolute atomic E-state index is 0.395. The summed E-state index contributed by atoms with van der Waals surface area (Å²) in [4.78, 5) is 16.4. The van der Waals surface area contributed by atoms with Crippen molar-refractivity contribution in [2.24, 2.45) is 0 Å². The molecule has 94 valence electrons. The van der Waals surface area contributed by atoms with E-state index < -0.39 is 17.6 Å². The molecule has 0 spiro atoms. The van der Waals surface area contributed by atoms with Gasteiger partial charge in [0.25, 0.3) is 0 Å². The maximum absolute atomic E-state index is 11.1. The SMILES string of the molecule is CC(C)(C)ONC(Cc1ccccc1)C(=O)O. The van der Waals surface area contributed by atoms with Crippen LogP contribution in [0.3, 0.4) is 0 Å². The van der Waals surface area contributed by atoms with E-state index in [1.54, 1.807) is 0 Å². The lowest BCUT2D eigenvalue weighted by molar-refractivity contribution is -0.150. The molecule has 1 aromatic rings. The van der Waals surface area contributed by atoms with Crippen LogP contribution in [0.25, 0.3) is 0 Å². The second kappa shape index (κ2) is 5.80. The first kappa shape index (κ1) is 13.7. The third-order valence-corrected chi connectivity index (χ3v) is 2.09. The minimum Gasteiger partial charge on any atom is -0.480 e. The van der Waals surface area contributed by atoms with Crippen LogP contribution in [-0.4, -0.2) is 22.7 Å². The lowest BCUT2D eigenvalue weighted by Crippen LogP contribution is -2.42. The first-order valence-corrected chi connectivity index (χ1v) is 5.59. The van der Waals surface area contributed by atoms with Crippen LogP contribution >= 0.6 is 0 Å². The highest BCUT2D eigenvalue weighted by atomic mass is 16.7. The molecule has 0 aliphatic carbocycles. The third kappa shape index (κ3) is 5.47. The van der Waals surface area contributed by atoms with Crippen molar-refractivity contribution in [2.75, 3.05) is 0 Å². The van der Waals surface area contributed by atoms with Crippen LogP contribution in [0.4, 0.5) is 0 Å². The molecule has 1 aromatic carbocycles. The van der Waals surface area contributed by atoms with Crippen LogP contribution in [0.1, 0.15) is 26.3 Å². The Morgan fingerprint density at radius 3 is 2.41 bits per heavy atom. The van der Waals surface area contributed by atoms with Crippen LogP contribution < -0.4 is 5.48 Å². The van der Waals surface area contributed by atoms with Crippen molar-refractivity contribution in [1.82, 2.24) is 5.48 Å². The average molecular weight is 237 g/mol. The summed E-state index contributed by atoms with van der Waals surface area (Å²) in [5.41, 5.74) is 3.16. The van der Waals surface area contributed by atoms with Crippen LogP contribution in [-0.2, 0) is 16.1 Å². The summed E-state index contributed by atoms with van der Waals surface area (Å²) in [6.07, 6.45) is 0.395. The van der Waals surface area contributed by atoms with Crippen LogP contribution in [0.15, 0.2) is 30.3 Å². The molecule has 0 aliphatic heterocycles. The number of hydrogen-bond donors (Lipinski definition) is 2. The van der Waals surface area contributed by atoms with Crippen LogP contribution in [0.2, 0.25) is 0 Å². The molecule has 4 heteroatoms. The summed E-state index contributed by atoms with van der Waals surface area (Å²) in [6.45, 7) is 5.59. The molecule has 2 N–H and O–H groups in total. The molecule has 1 atom stereocenters. The van der Waals surface area contributed by atoms with Crippen molar-refractivity contribution in [2.45, 2.75) is 38.8 Å². The molecule has 0 fully saturated rings. The molecule has 4 nitrogen and oxygen atoms in total. The molecule has 0 radical (unpaired) electrons. The van der Waals surface area contributed by atoms with Gasteiger partial charge in [0.1, 0.15) is 6.04 Å². The van der Waals surface area contributed by atoms with Gasteiger partial charge >= 0.3 is 5.97 Å². The average Bonchev–Trinajstić information content (AvgIpc) is 2.24. The quantitative estimate of drug-likeness (QED) is 0.769. The molecule has 0 saturated heterocycles. The van der Waals surface area contributed by atoms with Crippen molar-refractivity contribution in [3.63, 3.8) is 0 Å². The van der Waals surface area contributed by atoms with E-state index in [9.17, 15) is 4.79 Å². The molecule has 0 aliphatic rings. The van der Waals surface area contributed by atoms with Crippen molar-refractivity contribution in [3.05, 3.63) is 35.9 Å². The first-order valence-electron chi connectivity index (χ1n) is 5.59. The van der Waals surface area contributed by atoms with Gasteiger partial charge in [-0.05, 0) is 26.3 Å². The van der Waals surface area contributed by atoms with Gasteiger partial charge in [0.2, 0.25) is 0 Å². The lowest BCUT2D eigenvalue weighted by atomic mass is 10.1. The van der Waals surface area contributed by atoms with Gasteiger partial charge in [-0.2, -0.15) is 5.48 Å². The molecule has 0 saturated carbocycles. The molecule has 1 rings (SSSR count). The third-order valence-electron chi connectivity index (χ3n) is 2.09. The van der Waals surface area contributed by atoms with Gasteiger partial charge in [0.15, 0.2) is 0 Å². The largest absolute Gasteiger partial charge is 0.480 e. The molecule has 1 unspecified atom stereocenters. The highest BCUT2D eigenvalue weighted by Gasteiger charge is 2.21. The van der Waals surface area contributed by atoms with Crippen molar-refractivity contribution < 1.29 is 14.7 Å². The van der Waals surface area contributed by atoms with Gasteiger partial charge < -0.3 is 5.11 Å². The van der Waals surface area contributed by atoms with E-state index in [1.807, 2.05) is 51.1 Å². The lowest BCUT2D eigenvalue weighted by Gasteiger charge is -2.23. The summed E-state index contributed by atoms with van der Waals surface area (Å²) in [6, 6.07) is 8.73. The van der Waals surface area contributed by atoms with E-state index in [1.165, 1.54) is 0 Å². The fourth-order valence-corrected chi connectivity index (χ4v) is 1.28. The predicted molar refractivity (Wildman–Crippen MR) is 65.5 cm³/mol. The molecule has 0 bridgehead atoms. The van der Waals surface area contributed by atoms with Crippen LogP contribution in [0.5, 0.6) is 0 Å². The Balaban J connectivity index is 2.59. The fraction of sp³-hybridized carbons (Fsp3) is 0.462. The highest BCUT2D eigenvalue weighted by molar-refractivity contribution is 5.73. The molecule has 0 aromatic heterocycles. The second-order valence-electron chi connectivity index (χ2n) is 4.91. The molecule has 0 heterocycles. The summed E-state index contributed by atoms with van der Waals surface area (Å²) in [7, 11) is 0. The van der Waals surface area contributed by atoms with E-state index >= 15 is 0 Å². The maximum Gasteiger partial charge on any atom is 0.323 e. The number of nitrogens with one attached hydrogen (secondary N) is 1. The summed E-state index contributed by atoms with van der Waals surface area (Å²) in [5.74, 6) is -0.918. The summed E-state index contributed by atoms with van der Waals surface area (Å²) < 4.78 is 0. The molecule has 0 amide bonds. The standard InChI is InChI=1S/C13H19NO3/c1-13(2,3)17-14-11(12(15)16)9-10-7-5-4-6-8-10/h4-8,11,14H,9H2,1-3H3,(H,15,16). The minimum atomic E-state index is -0.918. The van der Waals surface area contributed by atoms with Crippen LogP contribution in [0, 0.1) is 0 Å². The number of hydrogen-bond acceptors (Lipinski definition) is 3. The number of carboxylic acid groups (broad SMARTS) is 1. The second-order valence-corrected chi connectivity index (χ2v) is 4.91. The van der Waals surface area contributed by atoms with Gasteiger partial charge in [-0.3, -0.25) is 9.63 Å². The molecular formula is C13H19NO3. The van der Waals surface area contributed by atoms with E-state index in [0.717, 1.165) is 5.56 Å². The van der Waals surface area contributed by atoms with Gasteiger partial charge in [0, 0.05) is 6.42 Å². The van der Waals surface area contributed by atoms with Gasteiger partial charge in [0.05, 0.1) is 5.60 Å². The Kier molecular flexibility index (Phi) is 4.66. The van der Waals surface area contributed by atoms with Gasteiger partial charge in [-0.1, -0.05) is 30.3 Å². The smallest absolute Gasteiger partial charge is 0.323 e. The molecule has 17 heavy (non-hydrogen) atoms. The van der Waals surface area contributed by atoms with Crippen molar-refractivity contribution in [1.29, 1.82) is 0 Å². The summed E-state index contributed by atoms with van der Waals surface area (Å²) in [5, 5.41) is 9.09. The van der Waals surface area contributed by atoms with Gasteiger partial charge in [-0.25, -0.2) is 0 Å². The number of benzene rings is 1. The Morgan fingerprint density at radius 2 is 1.94 bits per heavy atom. The van der Waals surface area contributed by atoms with Crippen molar-refractivity contribution >= 4 is 5.97 Å². The predicted octanol–water partition coefficient (Wildman–Crippen LogP) is 2.00. The number of carbonyl (C=O) groups is 1. The zero-order valence-corrected chi connectivity index (χ0v) is 10.4. The molecular weight excluding hydrogens is 218 g/mol. The Bertz CT molecular complexity index is 357. The topological polar surface area (TPSA) is 58.6 Å². The van der Waals surface area contributed by atoms with Crippen molar-refractivity contribution in [3.8, 4) is 0 Å². The Labute approximate surface area is 102 Å². The number of hydroxylamine groups is 1. The maximum atomic E-state index is 11.1. The van der Waals surface area contributed by atoms with E-state index in [-0.39, 0.29) is 0 Å². The number of carboxylic acids is 1. The number of aliphatic carboxylic acids is 1.